The zero-order chi connectivity index (χ0) is 11.4. The summed E-state index contributed by atoms with van der Waals surface area (Å²) in [5.41, 5.74) is 0.851. The first kappa shape index (κ1) is 11.7. The lowest BCUT2D eigenvalue weighted by Crippen LogP contribution is -2.06. The highest BCUT2D eigenvalue weighted by molar-refractivity contribution is 6.30. The number of halogens is 1. The second kappa shape index (κ2) is 4.94. The van der Waals surface area contributed by atoms with E-state index in [2.05, 4.69) is 9.97 Å². The van der Waals surface area contributed by atoms with E-state index in [1.54, 1.807) is 12.3 Å². The second-order valence-corrected chi connectivity index (χ2v) is 3.24. The van der Waals surface area contributed by atoms with Crippen LogP contribution in [-0.4, -0.2) is 9.97 Å². The van der Waals surface area contributed by atoms with Gasteiger partial charge in [0.1, 0.15) is 5.15 Å². The van der Waals surface area contributed by atoms with Gasteiger partial charge in [0.15, 0.2) is 0 Å². The van der Waals surface area contributed by atoms with Crippen LogP contribution in [0.15, 0.2) is 23.3 Å². The van der Waals surface area contributed by atoms with Crippen molar-refractivity contribution in [3.05, 3.63) is 39.5 Å². The number of aromatic nitrogens is 2. The van der Waals surface area contributed by atoms with E-state index in [4.69, 9.17) is 11.6 Å². The zero-order valence-corrected chi connectivity index (χ0v) is 9.72. The summed E-state index contributed by atoms with van der Waals surface area (Å²) in [6.45, 7) is 5.91. The molecule has 0 saturated heterocycles. The third-order valence-corrected chi connectivity index (χ3v) is 2.17. The molecule has 0 bridgehead atoms. The van der Waals surface area contributed by atoms with Crippen molar-refractivity contribution in [1.82, 2.24) is 9.97 Å². The zero-order valence-electron chi connectivity index (χ0n) is 8.97. The summed E-state index contributed by atoms with van der Waals surface area (Å²) in [5, 5.41) is 1.83. The Hall–Kier alpha value is -1.35. The minimum Gasteiger partial charge on any atom is -0.328 e. The van der Waals surface area contributed by atoms with Crippen molar-refractivity contribution >= 4 is 22.4 Å². The van der Waals surface area contributed by atoms with E-state index < -0.39 is 0 Å². The van der Waals surface area contributed by atoms with Crippen LogP contribution >= 0.6 is 11.6 Å². The Balaban J connectivity index is 0.000000531. The highest BCUT2D eigenvalue weighted by atomic mass is 35.5. The molecule has 4 heteroatoms. The molecule has 0 aliphatic carbocycles. The van der Waals surface area contributed by atoms with Gasteiger partial charge in [-0.05, 0) is 23.9 Å². The molecule has 0 amide bonds. The summed E-state index contributed by atoms with van der Waals surface area (Å²) in [6.07, 6.45) is 3.16. The van der Waals surface area contributed by atoms with Crippen LogP contribution in [0.4, 0.5) is 0 Å². The topological polar surface area (TPSA) is 45.8 Å². The molecule has 80 valence electrons. The van der Waals surface area contributed by atoms with Gasteiger partial charge in [-0.1, -0.05) is 25.4 Å². The molecule has 2 aromatic rings. The Bertz CT molecular complexity index is 519. The van der Waals surface area contributed by atoms with Gasteiger partial charge < -0.3 is 4.98 Å². The van der Waals surface area contributed by atoms with Gasteiger partial charge in [-0.3, -0.25) is 4.79 Å². The maximum atomic E-state index is 11.3. The molecule has 2 heterocycles. The van der Waals surface area contributed by atoms with Crippen LogP contribution in [0.5, 0.6) is 0 Å². The van der Waals surface area contributed by atoms with Gasteiger partial charge in [-0.15, -0.1) is 0 Å². The van der Waals surface area contributed by atoms with Crippen LogP contribution in [-0.2, 0) is 0 Å². The smallest absolute Gasteiger partial charge is 0.257 e. The Morgan fingerprint density at radius 1 is 1.33 bits per heavy atom. The molecule has 0 fully saturated rings. The molecule has 0 aliphatic rings. The van der Waals surface area contributed by atoms with Gasteiger partial charge >= 0.3 is 0 Å². The summed E-state index contributed by atoms with van der Waals surface area (Å²) in [7, 11) is 0. The fourth-order valence-corrected chi connectivity index (χ4v) is 1.42. The molecule has 2 aromatic heterocycles. The molecule has 3 nitrogen and oxygen atoms in total. The van der Waals surface area contributed by atoms with Crippen LogP contribution in [0.2, 0.25) is 5.15 Å². The van der Waals surface area contributed by atoms with E-state index in [-0.39, 0.29) is 5.56 Å². The monoisotopic (exact) mass is 224 g/mol. The number of H-pyrrole nitrogens is 1. The Morgan fingerprint density at radius 2 is 2.00 bits per heavy atom. The normalized spacial score (nSPS) is 9.60. The van der Waals surface area contributed by atoms with Crippen molar-refractivity contribution in [3.8, 4) is 0 Å². The van der Waals surface area contributed by atoms with Gasteiger partial charge in [0.25, 0.3) is 5.56 Å². The van der Waals surface area contributed by atoms with Crippen molar-refractivity contribution in [2.45, 2.75) is 20.8 Å². The van der Waals surface area contributed by atoms with Gasteiger partial charge in [0.2, 0.25) is 0 Å². The van der Waals surface area contributed by atoms with Crippen LogP contribution in [0.25, 0.3) is 10.8 Å². The van der Waals surface area contributed by atoms with E-state index >= 15 is 0 Å². The quantitative estimate of drug-likeness (QED) is 0.700. The number of aryl methyl sites for hydroxylation is 1. The van der Waals surface area contributed by atoms with Crippen LogP contribution in [0.3, 0.4) is 0 Å². The van der Waals surface area contributed by atoms with Crippen molar-refractivity contribution in [3.63, 3.8) is 0 Å². The molecular formula is C11H13ClN2O. The third kappa shape index (κ3) is 2.36. The highest BCUT2D eigenvalue weighted by Crippen LogP contribution is 2.16. The van der Waals surface area contributed by atoms with Crippen molar-refractivity contribution in [2.75, 3.05) is 0 Å². The highest BCUT2D eigenvalue weighted by Gasteiger charge is 2.02. The maximum absolute atomic E-state index is 11.3. The van der Waals surface area contributed by atoms with Gasteiger partial charge in [0, 0.05) is 12.4 Å². The summed E-state index contributed by atoms with van der Waals surface area (Å²) in [6, 6.07) is 1.70. The summed E-state index contributed by atoms with van der Waals surface area (Å²) >= 11 is 5.72. The van der Waals surface area contributed by atoms with Crippen molar-refractivity contribution < 1.29 is 0 Å². The number of pyridine rings is 2. The predicted molar refractivity (Wildman–Crippen MR) is 63.5 cm³/mol. The van der Waals surface area contributed by atoms with E-state index in [0.717, 1.165) is 10.9 Å². The standard InChI is InChI=1S/C9H7ClN2O.C2H6/c1-5-3-12-9(13)7-4-11-8(10)2-6(5)7;1-2/h2-4H,1H3,(H,12,13);1-2H3. The largest absolute Gasteiger partial charge is 0.328 e. The maximum Gasteiger partial charge on any atom is 0.257 e. The van der Waals surface area contributed by atoms with Crippen molar-refractivity contribution in [2.24, 2.45) is 0 Å². The second-order valence-electron chi connectivity index (χ2n) is 2.85. The van der Waals surface area contributed by atoms with Gasteiger partial charge in [-0.25, -0.2) is 4.98 Å². The van der Waals surface area contributed by atoms with E-state index in [1.165, 1.54) is 6.20 Å². The minimum atomic E-state index is -0.134. The lowest BCUT2D eigenvalue weighted by Gasteiger charge is -1.99. The number of hydrogen-bond acceptors (Lipinski definition) is 2. The van der Waals surface area contributed by atoms with Gasteiger partial charge in [-0.2, -0.15) is 0 Å². The molecule has 0 radical (unpaired) electrons. The lowest BCUT2D eigenvalue weighted by atomic mass is 10.1. The molecule has 0 atom stereocenters. The molecule has 15 heavy (non-hydrogen) atoms. The van der Waals surface area contributed by atoms with Gasteiger partial charge in [0.05, 0.1) is 5.39 Å². The predicted octanol–water partition coefficient (Wildman–Crippen LogP) is 2.91. The number of nitrogens with zero attached hydrogens (tertiary/aromatic N) is 1. The molecule has 0 saturated carbocycles. The Labute approximate surface area is 93.1 Å². The number of hydrogen-bond donors (Lipinski definition) is 1. The number of aromatic amines is 1. The molecule has 0 spiro atoms. The number of nitrogens with one attached hydrogen (secondary N) is 1. The first-order valence-electron chi connectivity index (χ1n) is 4.82. The van der Waals surface area contributed by atoms with Crippen LogP contribution < -0.4 is 5.56 Å². The number of rotatable bonds is 0. The minimum absolute atomic E-state index is 0.134. The SMILES string of the molecule is CC.Cc1c[nH]c(=O)c2cnc(Cl)cc12. The van der Waals surface area contributed by atoms with E-state index in [9.17, 15) is 4.79 Å². The Kier molecular flexibility index (Phi) is 3.86. The fourth-order valence-electron chi connectivity index (χ4n) is 1.27. The fraction of sp³-hybridized carbons (Fsp3) is 0.273. The first-order valence-corrected chi connectivity index (χ1v) is 5.20. The summed E-state index contributed by atoms with van der Waals surface area (Å²) in [5.74, 6) is 0. The first-order chi connectivity index (χ1) is 7.18. The summed E-state index contributed by atoms with van der Waals surface area (Å²) < 4.78 is 0. The molecule has 0 aromatic carbocycles. The summed E-state index contributed by atoms with van der Waals surface area (Å²) in [4.78, 5) is 17.8. The van der Waals surface area contributed by atoms with Crippen molar-refractivity contribution in [1.29, 1.82) is 0 Å². The molecular weight excluding hydrogens is 212 g/mol. The molecule has 1 N–H and O–H groups in total. The molecule has 0 aliphatic heterocycles. The number of fused-ring (bicyclic) bond motifs is 1. The third-order valence-electron chi connectivity index (χ3n) is 1.96. The average molecular weight is 225 g/mol. The Morgan fingerprint density at radius 3 is 2.67 bits per heavy atom. The van der Waals surface area contributed by atoms with Crippen LogP contribution in [0.1, 0.15) is 19.4 Å². The lowest BCUT2D eigenvalue weighted by molar-refractivity contribution is 1.22. The molecule has 0 unspecified atom stereocenters. The van der Waals surface area contributed by atoms with E-state index in [1.807, 2.05) is 20.8 Å². The average Bonchev–Trinajstić information content (AvgIpc) is 2.27. The van der Waals surface area contributed by atoms with E-state index in [0.29, 0.717) is 10.5 Å². The van der Waals surface area contributed by atoms with Crippen LogP contribution in [0, 0.1) is 6.92 Å². The molecule has 2 rings (SSSR count).